The maximum atomic E-state index is 12.9. The number of hydrogen-bond acceptors (Lipinski definition) is 6. The van der Waals surface area contributed by atoms with Crippen LogP contribution in [-0.4, -0.2) is 36.6 Å². The van der Waals surface area contributed by atoms with Crippen molar-refractivity contribution in [1.29, 1.82) is 0 Å². The number of aliphatic imine (C=N–C) groups is 1. The van der Waals surface area contributed by atoms with Gasteiger partial charge >= 0.3 is 0 Å². The average molecular weight is 410 g/mol. The molecule has 8 nitrogen and oxygen atoms in total. The zero-order valence-corrected chi connectivity index (χ0v) is 16.2. The van der Waals surface area contributed by atoms with Crippen molar-refractivity contribution >= 4 is 21.8 Å². The highest BCUT2D eigenvalue weighted by molar-refractivity contribution is 7.90. The first-order chi connectivity index (χ1) is 14.0. The molecule has 1 amide bonds. The Bertz CT molecular complexity index is 1140. The van der Waals surface area contributed by atoms with Crippen LogP contribution in [0.4, 0.5) is 0 Å². The molecule has 1 aromatic carbocycles. The Morgan fingerprint density at radius 2 is 1.97 bits per heavy atom. The summed E-state index contributed by atoms with van der Waals surface area (Å²) in [6.45, 7) is 0.404. The number of amidine groups is 1. The fourth-order valence-corrected chi connectivity index (χ4v) is 4.28. The summed E-state index contributed by atoms with van der Waals surface area (Å²) in [6.07, 6.45) is 4.90. The molecule has 29 heavy (non-hydrogen) atoms. The van der Waals surface area contributed by atoms with Gasteiger partial charge in [0.25, 0.3) is 10.0 Å². The highest BCUT2D eigenvalue weighted by Gasteiger charge is 2.30. The molecule has 0 spiro atoms. The highest BCUT2D eigenvalue weighted by Crippen LogP contribution is 2.22. The zero-order chi connectivity index (χ0) is 20.3. The largest absolute Gasteiger partial charge is 0.467 e. The van der Waals surface area contributed by atoms with E-state index in [0.717, 1.165) is 5.56 Å². The van der Waals surface area contributed by atoms with E-state index in [1.807, 2.05) is 6.07 Å². The van der Waals surface area contributed by atoms with Gasteiger partial charge in [0.2, 0.25) is 5.91 Å². The molecule has 4 rings (SSSR count). The number of amides is 1. The second-order valence-electron chi connectivity index (χ2n) is 6.46. The van der Waals surface area contributed by atoms with E-state index in [-0.39, 0.29) is 29.7 Å². The number of rotatable bonds is 6. The van der Waals surface area contributed by atoms with Crippen LogP contribution in [0.5, 0.6) is 0 Å². The maximum Gasteiger partial charge on any atom is 0.263 e. The molecule has 0 saturated heterocycles. The maximum absolute atomic E-state index is 12.9. The van der Waals surface area contributed by atoms with E-state index in [0.29, 0.717) is 17.9 Å². The lowest BCUT2D eigenvalue weighted by atomic mass is 10.2. The molecular weight excluding hydrogens is 392 g/mol. The van der Waals surface area contributed by atoms with Crippen molar-refractivity contribution in [3.05, 3.63) is 84.1 Å². The Balaban J connectivity index is 1.54. The summed E-state index contributed by atoms with van der Waals surface area (Å²) in [7, 11) is -3.64. The van der Waals surface area contributed by atoms with Gasteiger partial charge in [-0.15, -0.1) is 0 Å². The van der Waals surface area contributed by atoms with Crippen LogP contribution in [0.3, 0.4) is 0 Å². The Kier molecular flexibility index (Phi) is 5.13. The molecule has 2 aromatic heterocycles. The van der Waals surface area contributed by atoms with Gasteiger partial charge in [0.05, 0.1) is 17.7 Å². The molecule has 1 N–H and O–H groups in total. The topological polar surface area (TPSA) is 105 Å². The second kappa shape index (κ2) is 7.88. The van der Waals surface area contributed by atoms with Crippen molar-refractivity contribution < 1.29 is 17.6 Å². The normalized spacial score (nSPS) is 15.7. The SMILES string of the molecule is O=C(CN=C1NS(=O)(=O)c2ccccc21)N(Cc1cccnc1)Cc1ccco1. The number of benzene rings is 1. The lowest BCUT2D eigenvalue weighted by Gasteiger charge is -2.21. The number of fused-ring (bicyclic) bond motifs is 1. The second-order valence-corrected chi connectivity index (χ2v) is 8.11. The number of pyridine rings is 1. The summed E-state index contributed by atoms with van der Waals surface area (Å²) in [5.74, 6) is 0.552. The number of aromatic nitrogens is 1. The van der Waals surface area contributed by atoms with Crippen LogP contribution in [0.15, 0.2) is 81.5 Å². The Hall–Kier alpha value is -3.46. The Labute approximate surface area is 168 Å². The predicted molar refractivity (Wildman–Crippen MR) is 105 cm³/mol. The molecule has 0 saturated carbocycles. The summed E-state index contributed by atoms with van der Waals surface area (Å²) in [4.78, 5) is 23.0. The van der Waals surface area contributed by atoms with Crippen LogP contribution in [0.2, 0.25) is 0 Å². The van der Waals surface area contributed by atoms with E-state index in [4.69, 9.17) is 4.42 Å². The van der Waals surface area contributed by atoms with Gasteiger partial charge in [-0.2, -0.15) is 0 Å². The summed E-state index contributed by atoms with van der Waals surface area (Å²) >= 11 is 0. The van der Waals surface area contributed by atoms with Crippen molar-refractivity contribution in [2.24, 2.45) is 4.99 Å². The fourth-order valence-electron chi connectivity index (χ4n) is 3.03. The molecule has 0 atom stereocenters. The molecule has 3 heterocycles. The Morgan fingerprint density at radius 1 is 1.10 bits per heavy atom. The third-order valence-electron chi connectivity index (χ3n) is 4.41. The minimum Gasteiger partial charge on any atom is -0.467 e. The van der Waals surface area contributed by atoms with Gasteiger partial charge in [-0.25, -0.2) is 8.42 Å². The van der Waals surface area contributed by atoms with Crippen LogP contribution in [0.1, 0.15) is 16.9 Å². The van der Waals surface area contributed by atoms with Gasteiger partial charge in [0, 0.05) is 24.5 Å². The lowest BCUT2D eigenvalue weighted by molar-refractivity contribution is -0.131. The van der Waals surface area contributed by atoms with E-state index in [1.54, 1.807) is 60.0 Å². The first-order valence-electron chi connectivity index (χ1n) is 8.89. The van der Waals surface area contributed by atoms with Crippen LogP contribution in [0, 0.1) is 0 Å². The minimum absolute atomic E-state index is 0.161. The standard InChI is InChI=1S/C20H18N4O4S/c25-19(12-22-20-17-7-1-2-8-18(17)29(26,27)23-20)24(14-16-6-4-10-28-16)13-15-5-3-9-21-11-15/h1-11H,12-14H2,(H,22,23). The third kappa shape index (κ3) is 4.19. The number of carbonyl (C=O) groups is 1. The van der Waals surface area contributed by atoms with Crippen LogP contribution in [0.25, 0.3) is 0 Å². The monoisotopic (exact) mass is 410 g/mol. The van der Waals surface area contributed by atoms with Crippen molar-refractivity contribution in [3.8, 4) is 0 Å². The number of sulfonamides is 1. The van der Waals surface area contributed by atoms with Crippen molar-refractivity contribution in [2.75, 3.05) is 6.54 Å². The third-order valence-corrected chi connectivity index (χ3v) is 5.81. The molecule has 1 aliphatic heterocycles. The van der Waals surface area contributed by atoms with E-state index in [9.17, 15) is 13.2 Å². The average Bonchev–Trinajstić information content (AvgIpc) is 3.33. The molecule has 0 aliphatic carbocycles. The molecule has 9 heteroatoms. The first kappa shape index (κ1) is 18.9. The molecule has 0 bridgehead atoms. The van der Waals surface area contributed by atoms with E-state index in [1.165, 1.54) is 6.07 Å². The van der Waals surface area contributed by atoms with Crippen LogP contribution in [-0.2, 0) is 27.9 Å². The van der Waals surface area contributed by atoms with Crippen molar-refractivity contribution in [2.45, 2.75) is 18.0 Å². The number of hydrogen-bond donors (Lipinski definition) is 1. The molecule has 3 aromatic rings. The number of furan rings is 1. The van der Waals surface area contributed by atoms with Gasteiger partial charge < -0.3 is 9.32 Å². The van der Waals surface area contributed by atoms with Gasteiger partial charge in [-0.1, -0.05) is 18.2 Å². The van der Waals surface area contributed by atoms with Crippen molar-refractivity contribution in [1.82, 2.24) is 14.6 Å². The predicted octanol–water partition coefficient (Wildman–Crippen LogP) is 1.94. The number of nitrogens with zero attached hydrogens (tertiary/aromatic N) is 3. The molecular formula is C20H18N4O4S. The van der Waals surface area contributed by atoms with Crippen LogP contribution >= 0.6 is 0 Å². The summed E-state index contributed by atoms with van der Waals surface area (Å²) < 4.78 is 32.2. The van der Waals surface area contributed by atoms with E-state index >= 15 is 0 Å². The number of carbonyl (C=O) groups excluding carboxylic acids is 1. The van der Waals surface area contributed by atoms with Gasteiger partial charge in [-0.05, 0) is 35.9 Å². The van der Waals surface area contributed by atoms with Gasteiger partial charge in [0.15, 0.2) is 0 Å². The highest BCUT2D eigenvalue weighted by atomic mass is 32.2. The molecule has 0 unspecified atom stereocenters. The molecule has 148 valence electrons. The summed E-state index contributed by atoms with van der Waals surface area (Å²) in [5.41, 5.74) is 1.33. The fraction of sp³-hybridized carbons (Fsp3) is 0.150. The van der Waals surface area contributed by atoms with Gasteiger partial charge in [0.1, 0.15) is 18.1 Å². The van der Waals surface area contributed by atoms with Crippen molar-refractivity contribution in [3.63, 3.8) is 0 Å². The smallest absolute Gasteiger partial charge is 0.263 e. The van der Waals surface area contributed by atoms with Gasteiger partial charge in [-0.3, -0.25) is 19.5 Å². The lowest BCUT2D eigenvalue weighted by Crippen LogP contribution is -2.33. The molecule has 1 aliphatic rings. The minimum atomic E-state index is -3.64. The summed E-state index contributed by atoms with van der Waals surface area (Å²) in [5, 5.41) is 0. The zero-order valence-electron chi connectivity index (χ0n) is 15.4. The molecule has 0 radical (unpaired) electrons. The molecule has 0 fully saturated rings. The van der Waals surface area contributed by atoms with E-state index in [2.05, 4.69) is 14.7 Å². The first-order valence-corrected chi connectivity index (χ1v) is 10.4. The Morgan fingerprint density at radius 3 is 2.72 bits per heavy atom. The summed E-state index contributed by atoms with van der Waals surface area (Å²) in [6, 6.07) is 13.8. The van der Waals surface area contributed by atoms with E-state index < -0.39 is 10.0 Å². The quantitative estimate of drug-likeness (QED) is 0.669. The number of nitrogens with one attached hydrogen (secondary N) is 1. The van der Waals surface area contributed by atoms with Crippen LogP contribution < -0.4 is 4.72 Å².